The number of carbonyl (C=O) groups excluding carboxylic acids is 2. The second-order valence-corrected chi connectivity index (χ2v) is 2.30. The predicted molar refractivity (Wildman–Crippen MR) is 56.0 cm³/mol. The fourth-order valence-electron chi connectivity index (χ4n) is 0.203. The predicted octanol–water partition coefficient (Wildman–Crippen LogP) is 1.55. The Balaban J connectivity index is -0.000000138. The average molecular weight is 206 g/mol. The standard InChI is InChI=1S/C4H8O2.C4H8O.C2H6O/c1-3-6-4(2)5;1-3-4(2)5;1-2-3/h3H2,1-2H3;3H2,1-2H3;3H,2H2,1H3. The smallest absolute Gasteiger partial charge is 0.302 e. The van der Waals surface area contributed by atoms with Crippen LogP contribution in [0.15, 0.2) is 0 Å². The molecule has 0 aliphatic rings. The third-order valence-corrected chi connectivity index (χ3v) is 0.845. The SMILES string of the molecule is CCC(C)=O.CCO.CCOC(C)=O. The Labute approximate surface area is 86.3 Å². The topological polar surface area (TPSA) is 63.6 Å². The molecule has 0 aromatic heterocycles. The highest BCUT2D eigenvalue weighted by atomic mass is 16.5. The van der Waals surface area contributed by atoms with Crippen molar-refractivity contribution in [2.75, 3.05) is 13.2 Å². The van der Waals surface area contributed by atoms with Gasteiger partial charge >= 0.3 is 5.97 Å². The monoisotopic (exact) mass is 206 g/mol. The number of carbonyl (C=O) groups is 2. The van der Waals surface area contributed by atoms with Gasteiger partial charge in [0, 0.05) is 20.0 Å². The molecule has 0 amide bonds. The van der Waals surface area contributed by atoms with Crippen molar-refractivity contribution in [2.45, 2.75) is 41.0 Å². The van der Waals surface area contributed by atoms with E-state index in [4.69, 9.17) is 5.11 Å². The van der Waals surface area contributed by atoms with Crippen molar-refractivity contribution >= 4 is 11.8 Å². The van der Waals surface area contributed by atoms with Gasteiger partial charge in [-0.05, 0) is 20.8 Å². The zero-order chi connectivity index (χ0) is 12.0. The van der Waals surface area contributed by atoms with Crippen molar-refractivity contribution in [1.29, 1.82) is 0 Å². The van der Waals surface area contributed by atoms with Crippen LogP contribution in [0.2, 0.25) is 0 Å². The summed E-state index contributed by atoms with van der Waals surface area (Å²) in [5, 5.41) is 7.57. The first-order valence-corrected chi connectivity index (χ1v) is 4.69. The van der Waals surface area contributed by atoms with E-state index in [1.165, 1.54) is 6.92 Å². The molecule has 0 heterocycles. The van der Waals surface area contributed by atoms with Crippen molar-refractivity contribution in [1.82, 2.24) is 0 Å². The second kappa shape index (κ2) is 18.0. The van der Waals surface area contributed by atoms with Crippen LogP contribution in [0.1, 0.15) is 41.0 Å². The van der Waals surface area contributed by atoms with Crippen LogP contribution in [0.4, 0.5) is 0 Å². The van der Waals surface area contributed by atoms with Gasteiger partial charge in [0.1, 0.15) is 5.78 Å². The summed E-state index contributed by atoms with van der Waals surface area (Å²) in [6.07, 6.45) is 0.667. The minimum Gasteiger partial charge on any atom is -0.466 e. The van der Waals surface area contributed by atoms with Gasteiger partial charge in [0.25, 0.3) is 0 Å². The van der Waals surface area contributed by atoms with Gasteiger partial charge < -0.3 is 14.6 Å². The van der Waals surface area contributed by atoms with Gasteiger partial charge in [0.05, 0.1) is 6.61 Å². The summed E-state index contributed by atoms with van der Waals surface area (Å²) in [7, 11) is 0. The number of esters is 1. The Morgan fingerprint density at radius 1 is 1.14 bits per heavy atom. The maximum absolute atomic E-state index is 9.82. The van der Waals surface area contributed by atoms with E-state index in [0.29, 0.717) is 13.0 Å². The zero-order valence-corrected chi connectivity index (χ0v) is 9.79. The summed E-state index contributed by atoms with van der Waals surface area (Å²) in [6.45, 7) is 9.02. The number of ether oxygens (including phenoxy) is 1. The fraction of sp³-hybridized carbons (Fsp3) is 0.800. The van der Waals surface area contributed by atoms with Gasteiger partial charge in [-0.15, -0.1) is 0 Å². The molecule has 0 fully saturated rings. The third-order valence-electron chi connectivity index (χ3n) is 0.845. The summed E-state index contributed by atoms with van der Waals surface area (Å²) < 4.78 is 4.40. The summed E-state index contributed by atoms with van der Waals surface area (Å²) in [6, 6.07) is 0. The van der Waals surface area contributed by atoms with E-state index < -0.39 is 0 Å². The van der Waals surface area contributed by atoms with Crippen LogP contribution in [-0.2, 0) is 14.3 Å². The van der Waals surface area contributed by atoms with E-state index in [9.17, 15) is 9.59 Å². The largest absolute Gasteiger partial charge is 0.466 e. The molecule has 0 radical (unpaired) electrons. The first kappa shape index (κ1) is 18.8. The summed E-state index contributed by atoms with van der Waals surface area (Å²) >= 11 is 0. The van der Waals surface area contributed by atoms with Crippen LogP contribution < -0.4 is 0 Å². The summed E-state index contributed by atoms with van der Waals surface area (Å²) in [5.74, 6) is 0.0440. The molecule has 0 rings (SSSR count). The van der Waals surface area contributed by atoms with E-state index in [2.05, 4.69) is 4.74 Å². The molecule has 0 unspecified atom stereocenters. The van der Waals surface area contributed by atoms with Gasteiger partial charge in [-0.1, -0.05) is 6.92 Å². The number of rotatable bonds is 2. The van der Waals surface area contributed by atoms with Crippen LogP contribution in [0.5, 0.6) is 0 Å². The summed E-state index contributed by atoms with van der Waals surface area (Å²) in [5.41, 5.74) is 0. The van der Waals surface area contributed by atoms with E-state index >= 15 is 0 Å². The van der Waals surface area contributed by atoms with Crippen LogP contribution in [0.3, 0.4) is 0 Å². The highest BCUT2D eigenvalue weighted by Gasteiger charge is 1.81. The Hall–Kier alpha value is -0.900. The number of aliphatic hydroxyl groups is 1. The molecule has 0 saturated carbocycles. The fourth-order valence-corrected chi connectivity index (χ4v) is 0.203. The van der Waals surface area contributed by atoms with E-state index in [1.807, 2.05) is 6.92 Å². The van der Waals surface area contributed by atoms with Gasteiger partial charge in [-0.3, -0.25) is 4.79 Å². The minimum atomic E-state index is -0.211. The van der Waals surface area contributed by atoms with Crippen LogP contribution in [-0.4, -0.2) is 30.1 Å². The maximum Gasteiger partial charge on any atom is 0.302 e. The lowest BCUT2D eigenvalue weighted by Gasteiger charge is -1.89. The number of aliphatic hydroxyl groups excluding tert-OH is 1. The highest BCUT2D eigenvalue weighted by Crippen LogP contribution is 1.71. The first-order chi connectivity index (χ1) is 6.45. The van der Waals surface area contributed by atoms with Gasteiger partial charge in [-0.25, -0.2) is 0 Å². The van der Waals surface area contributed by atoms with Crippen molar-refractivity contribution < 1.29 is 19.4 Å². The van der Waals surface area contributed by atoms with Gasteiger partial charge in [0.15, 0.2) is 0 Å². The molecule has 0 saturated heterocycles. The molecule has 86 valence electrons. The van der Waals surface area contributed by atoms with Crippen molar-refractivity contribution in [3.8, 4) is 0 Å². The lowest BCUT2D eigenvalue weighted by molar-refractivity contribution is -0.140. The summed E-state index contributed by atoms with van der Waals surface area (Å²) in [4.78, 5) is 19.6. The molecular weight excluding hydrogens is 184 g/mol. The minimum absolute atomic E-state index is 0.211. The van der Waals surface area contributed by atoms with Crippen molar-refractivity contribution in [2.24, 2.45) is 0 Å². The van der Waals surface area contributed by atoms with Crippen LogP contribution in [0, 0.1) is 0 Å². The molecule has 0 bridgehead atoms. The Kier molecular flexibility index (Phi) is 24.2. The number of hydrogen-bond acceptors (Lipinski definition) is 4. The molecule has 0 aliphatic heterocycles. The molecule has 1 N–H and O–H groups in total. The molecule has 14 heavy (non-hydrogen) atoms. The normalized spacial score (nSPS) is 7.29. The lowest BCUT2D eigenvalue weighted by Crippen LogP contribution is -1.95. The maximum atomic E-state index is 9.82. The van der Waals surface area contributed by atoms with E-state index in [0.717, 1.165) is 0 Å². The molecular formula is C10H22O4. The molecule has 0 aromatic carbocycles. The number of Topliss-reactive ketones (excluding diaryl/α,β-unsaturated/α-hetero) is 1. The molecule has 4 nitrogen and oxygen atoms in total. The van der Waals surface area contributed by atoms with Gasteiger partial charge in [0.2, 0.25) is 0 Å². The highest BCUT2D eigenvalue weighted by molar-refractivity contribution is 5.74. The Morgan fingerprint density at radius 3 is 1.43 bits per heavy atom. The van der Waals surface area contributed by atoms with Crippen molar-refractivity contribution in [3.63, 3.8) is 0 Å². The average Bonchev–Trinajstić information content (AvgIpc) is 2.06. The van der Waals surface area contributed by atoms with E-state index in [1.54, 1.807) is 20.8 Å². The van der Waals surface area contributed by atoms with E-state index in [-0.39, 0.29) is 18.4 Å². The Bertz CT molecular complexity index is 132. The zero-order valence-electron chi connectivity index (χ0n) is 9.79. The third kappa shape index (κ3) is 67.4. The molecule has 4 heteroatoms. The molecule has 0 spiro atoms. The Morgan fingerprint density at radius 2 is 1.43 bits per heavy atom. The quantitative estimate of drug-likeness (QED) is 0.696. The molecule has 0 aromatic rings. The first-order valence-electron chi connectivity index (χ1n) is 4.69. The van der Waals surface area contributed by atoms with Crippen LogP contribution >= 0.6 is 0 Å². The lowest BCUT2D eigenvalue weighted by atomic mass is 10.4. The second-order valence-electron chi connectivity index (χ2n) is 2.30. The number of hydrogen-bond donors (Lipinski definition) is 1. The van der Waals surface area contributed by atoms with Gasteiger partial charge in [-0.2, -0.15) is 0 Å². The van der Waals surface area contributed by atoms with Crippen LogP contribution in [0.25, 0.3) is 0 Å². The molecule has 0 aliphatic carbocycles. The molecule has 0 atom stereocenters. The number of ketones is 1. The van der Waals surface area contributed by atoms with Crippen molar-refractivity contribution in [3.05, 3.63) is 0 Å².